The zero-order valence-electron chi connectivity index (χ0n) is 10.7. The van der Waals surface area contributed by atoms with E-state index in [1.165, 1.54) is 0 Å². The van der Waals surface area contributed by atoms with Gasteiger partial charge in [-0.2, -0.15) is 0 Å². The molecule has 1 aliphatic rings. The van der Waals surface area contributed by atoms with Crippen LogP contribution < -0.4 is 16.8 Å². The van der Waals surface area contributed by atoms with E-state index in [1.807, 2.05) is 0 Å². The summed E-state index contributed by atoms with van der Waals surface area (Å²) in [5.74, 6) is -0.0745. The first kappa shape index (κ1) is 14.9. The molecule has 1 fully saturated rings. The molecule has 0 aliphatic heterocycles. The zero-order chi connectivity index (χ0) is 13.4. The monoisotopic (exact) mass is 257 g/mol. The van der Waals surface area contributed by atoms with Crippen LogP contribution in [-0.4, -0.2) is 37.6 Å². The molecule has 0 radical (unpaired) electrons. The van der Waals surface area contributed by atoms with E-state index in [-0.39, 0.29) is 18.6 Å². The standard InChI is InChI=1S/C12H23N3O3/c13-10-3-1-2-9(6-10)7-12(17)15-4-5-18-8-11(14)16/h9-10H,1-8,13H2,(H2,14,16)(H,15,17). The summed E-state index contributed by atoms with van der Waals surface area (Å²) in [7, 11) is 0. The van der Waals surface area contributed by atoms with Crippen LogP contribution in [0.1, 0.15) is 32.1 Å². The van der Waals surface area contributed by atoms with Gasteiger partial charge in [-0.05, 0) is 25.2 Å². The Kier molecular flexibility index (Phi) is 6.67. The van der Waals surface area contributed by atoms with Gasteiger partial charge in [-0.1, -0.05) is 6.42 Å². The van der Waals surface area contributed by atoms with Crippen molar-refractivity contribution in [1.29, 1.82) is 0 Å². The van der Waals surface area contributed by atoms with Gasteiger partial charge in [-0.25, -0.2) is 0 Å². The second kappa shape index (κ2) is 8.05. The number of carbonyl (C=O) groups excluding carboxylic acids is 2. The van der Waals surface area contributed by atoms with Crippen molar-refractivity contribution in [3.63, 3.8) is 0 Å². The number of amides is 2. The Balaban J connectivity index is 2.04. The van der Waals surface area contributed by atoms with Gasteiger partial charge in [-0.3, -0.25) is 9.59 Å². The molecule has 1 aliphatic carbocycles. The number of rotatable bonds is 7. The van der Waals surface area contributed by atoms with Crippen molar-refractivity contribution in [2.45, 2.75) is 38.1 Å². The van der Waals surface area contributed by atoms with E-state index in [0.29, 0.717) is 25.5 Å². The van der Waals surface area contributed by atoms with Crippen LogP contribution in [0, 0.1) is 5.92 Å². The van der Waals surface area contributed by atoms with E-state index < -0.39 is 5.91 Å². The molecule has 1 rings (SSSR count). The van der Waals surface area contributed by atoms with Crippen LogP contribution in [-0.2, 0) is 14.3 Å². The Labute approximate surface area is 107 Å². The van der Waals surface area contributed by atoms with Crippen molar-refractivity contribution in [3.8, 4) is 0 Å². The first-order valence-corrected chi connectivity index (χ1v) is 6.46. The van der Waals surface area contributed by atoms with E-state index in [4.69, 9.17) is 16.2 Å². The Morgan fingerprint density at radius 2 is 2.11 bits per heavy atom. The fraction of sp³-hybridized carbons (Fsp3) is 0.833. The fourth-order valence-electron chi connectivity index (χ4n) is 2.29. The molecule has 0 aromatic carbocycles. The summed E-state index contributed by atoms with van der Waals surface area (Å²) in [6, 6.07) is 0.246. The molecular formula is C12H23N3O3. The highest BCUT2D eigenvalue weighted by molar-refractivity contribution is 5.76. The molecule has 0 aromatic heterocycles. The lowest BCUT2D eigenvalue weighted by Crippen LogP contribution is -2.33. The van der Waals surface area contributed by atoms with Gasteiger partial charge in [-0.15, -0.1) is 0 Å². The van der Waals surface area contributed by atoms with Crippen LogP contribution in [0.4, 0.5) is 0 Å². The van der Waals surface area contributed by atoms with Gasteiger partial charge in [0.2, 0.25) is 11.8 Å². The third-order valence-electron chi connectivity index (χ3n) is 3.11. The van der Waals surface area contributed by atoms with Crippen LogP contribution >= 0.6 is 0 Å². The molecule has 6 heteroatoms. The van der Waals surface area contributed by atoms with Crippen molar-refractivity contribution < 1.29 is 14.3 Å². The first-order valence-electron chi connectivity index (χ1n) is 6.46. The summed E-state index contributed by atoms with van der Waals surface area (Å²) in [6.07, 6.45) is 4.73. The van der Waals surface area contributed by atoms with Crippen LogP contribution in [0.25, 0.3) is 0 Å². The van der Waals surface area contributed by atoms with E-state index >= 15 is 0 Å². The summed E-state index contributed by atoms with van der Waals surface area (Å²) in [6.45, 7) is 0.608. The number of nitrogens with one attached hydrogen (secondary N) is 1. The predicted octanol–water partition coefficient (Wildman–Crippen LogP) is -0.488. The Morgan fingerprint density at radius 1 is 1.33 bits per heavy atom. The maximum absolute atomic E-state index is 11.6. The van der Waals surface area contributed by atoms with Crippen molar-refractivity contribution in [1.82, 2.24) is 5.32 Å². The molecular weight excluding hydrogens is 234 g/mol. The molecule has 0 heterocycles. The molecule has 5 N–H and O–H groups in total. The summed E-state index contributed by atoms with van der Waals surface area (Å²) >= 11 is 0. The molecule has 2 amide bonds. The molecule has 0 saturated heterocycles. The van der Waals surface area contributed by atoms with Gasteiger partial charge >= 0.3 is 0 Å². The summed E-state index contributed by atoms with van der Waals surface area (Å²) in [4.78, 5) is 22.0. The lowest BCUT2D eigenvalue weighted by Gasteiger charge is -2.25. The average Bonchev–Trinajstić information content (AvgIpc) is 2.28. The number of carbonyl (C=O) groups is 2. The zero-order valence-corrected chi connectivity index (χ0v) is 10.7. The third kappa shape index (κ3) is 6.56. The minimum atomic E-state index is -0.502. The highest BCUT2D eigenvalue weighted by Crippen LogP contribution is 2.25. The largest absolute Gasteiger partial charge is 0.370 e. The smallest absolute Gasteiger partial charge is 0.243 e. The van der Waals surface area contributed by atoms with Gasteiger partial charge in [0.25, 0.3) is 0 Å². The van der Waals surface area contributed by atoms with Gasteiger partial charge in [0.05, 0.1) is 6.61 Å². The van der Waals surface area contributed by atoms with Gasteiger partial charge < -0.3 is 21.5 Å². The molecule has 18 heavy (non-hydrogen) atoms. The molecule has 6 nitrogen and oxygen atoms in total. The van der Waals surface area contributed by atoms with Crippen molar-refractivity contribution in [3.05, 3.63) is 0 Å². The molecule has 2 atom stereocenters. The highest BCUT2D eigenvalue weighted by atomic mass is 16.5. The number of nitrogens with two attached hydrogens (primary N) is 2. The van der Waals surface area contributed by atoms with Crippen LogP contribution in [0.5, 0.6) is 0 Å². The van der Waals surface area contributed by atoms with Gasteiger partial charge in [0.15, 0.2) is 0 Å². The number of hydrogen-bond acceptors (Lipinski definition) is 4. The van der Waals surface area contributed by atoms with Crippen LogP contribution in [0.15, 0.2) is 0 Å². The van der Waals surface area contributed by atoms with E-state index in [9.17, 15) is 9.59 Å². The van der Waals surface area contributed by atoms with Crippen molar-refractivity contribution in [2.75, 3.05) is 19.8 Å². The SMILES string of the molecule is NC(=O)COCCNC(=O)CC1CCCC(N)C1. The summed E-state index contributed by atoms with van der Waals surface area (Å²) in [5, 5.41) is 2.76. The number of ether oxygens (including phenoxy) is 1. The Bertz CT molecular complexity index is 284. The maximum Gasteiger partial charge on any atom is 0.243 e. The normalized spacial score (nSPS) is 23.6. The topological polar surface area (TPSA) is 107 Å². The Hall–Kier alpha value is -1.14. The third-order valence-corrected chi connectivity index (χ3v) is 3.11. The van der Waals surface area contributed by atoms with Crippen LogP contribution in [0.3, 0.4) is 0 Å². The lowest BCUT2D eigenvalue weighted by atomic mass is 9.84. The Morgan fingerprint density at radius 3 is 2.78 bits per heavy atom. The summed E-state index contributed by atoms with van der Waals surface area (Å²) < 4.78 is 4.94. The van der Waals surface area contributed by atoms with Crippen molar-refractivity contribution >= 4 is 11.8 Å². The molecule has 1 saturated carbocycles. The number of hydrogen-bond donors (Lipinski definition) is 3. The van der Waals surface area contributed by atoms with E-state index in [0.717, 1.165) is 25.7 Å². The fourth-order valence-corrected chi connectivity index (χ4v) is 2.29. The average molecular weight is 257 g/mol. The van der Waals surface area contributed by atoms with Gasteiger partial charge in [0.1, 0.15) is 6.61 Å². The van der Waals surface area contributed by atoms with E-state index in [2.05, 4.69) is 5.32 Å². The maximum atomic E-state index is 11.6. The molecule has 0 aromatic rings. The first-order chi connectivity index (χ1) is 8.58. The quantitative estimate of drug-likeness (QED) is 0.535. The molecule has 2 unspecified atom stereocenters. The predicted molar refractivity (Wildman–Crippen MR) is 67.6 cm³/mol. The second-order valence-corrected chi connectivity index (χ2v) is 4.87. The highest BCUT2D eigenvalue weighted by Gasteiger charge is 2.21. The van der Waals surface area contributed by atoms with Crippen LogP contribution in [0.2, 0.25) is 0 Å². The molecule has 0 spiro atoms. The second-order valence-electron chi connectivity index (χ2n) is 4.87. The molecule has 0 bridgehead atoms. The minimum Gasteiger partial charge on any atom is -0.370 e. The van der Waals surface area contributed by atoms with E-state index in [1.54, 1.807) is 0 Å². The minimum absolute atomic E-state index is 0.0248. The van der Waals surface area contributed by atoms with Gasteiger partial charge in [0, 0.05) is 19.0 Å². The lowest BCUT2D eigenvalue weighted by molar-refractivity contribution is -0.123. The summed E-state index contributed by atoms with van der Waals surface area (Å²) in [5.41, 5.74) is 10.8. The number of primary amides is 1. The molecule has 104 valence electrons. The van der Waals surface area contributed by atoms with Crippen molar-refractivity contribution in [2.24, 2.45) is 17.4 Å².